The van der Waals surface area contributed by atoms with Gasteiger partial charge in [0.15, 0.2) is 17.1 Å². The monoisotopic (exact) mass is 558 g/mol. The molecule has 4 aromatic heterocycles. The Morgan fingerprint density at radius 2 is 1.95 bits per heavy atom. The average molecular weight is 559 g/mol. The Labute approximate surface area is 224 Å². The second kappa shape index (κ2) is 9.98. The second-order valence-corrected chi connectivity index (χ2v) is 9.38. The first-order valence-electron chi connectivity index (χ1n) is 12.0. The lowest BCUT2D eigenvalue weighted by atomic mass is 10.0. The summed E-state index contributed by atoms with van der Waals surface area (Å²) in [5.74, 6) is 0.971. The lowest BCUT2D eigenvalue weighted by Gasteiger charge is -2.27. The molecule has 0 unspecified atom stereocenters. The number of ether oxygens (including phenoxy) is 2. The molecule has 1 aliphatic rings. The van der Waals surface area contributed by atoms with E-state index >= 15 is 0 Å². The van der Waals surface area contributed by atoms with Crippen LogP contribution in [0.3, 0.4) is 0 Å². The van der Waals surface area contributed by atoms with Gasteiger partial charge in [0, 0.05) is 44.8 Å². The van der Waals surface area contributed by atoms with E-state index in [0.717, 1.165) is 6.07 Å². The van der Waals surface area contributed by atoms with E-state index in [1.54, 1.807) is 40.8 Å². The molecule has 1 aromatic carbocycles. The number of alkyl halides is 3. The van der Waals surface area contributed by atoms with Gasteiger partial charge in [-0.05, 0) is 17.7 Å². The minimum absolute atomic E-state index is 0.190. The highest BCUT2D eigenvalue weighted by Crippen LogP contribution is 2.38. The topological polar surface area (TPSA) is 94.6 Å². The van der Waals surface area contributed by atoms with Crippen LogP contribution in [0.5, 0.6) is 11.5 Å². The maximum absolute atomic E-state index is 14.0. The van der Waals surface area contributed by atoms with E-state index in [1.807, 2.05) is 4.90 Å². The molecule has 1 fully saturated rings. The SMILES string of the molecule is Cn1c(Nc2ccc(CN3CCOCC3)c(C(F)(F)F)c2)nc2ncc(Oc3cnn4ccncc34)c(Cl)c21. The Bertz CT molecular complexity index is 1660. The number of hydrogen-bond donors (Lipinski definition) is 1. The molecule has 10 nitrogen and oxygen atoms in total. The minimum Gasteiger partial charge on any atom is -0.450 e. The quantitative estimate of drug-likeness (QED) is 0.309. The second-order valence-electron chi connectivity index (χ2n) is 9.00. The van der Waals surface area contributed by atoms with Gasteiger partial charge < -0.3 is 19.4 Å². The first-order chi connectivity index (χ1) is 18.8. The summed E-state index contributed by atoms with van der Waals surface area (Å²) in [7, 11) is 1.69. The van der Waals surface area contributed by atoms with E-state index < -0.39 is 11.7 Å². The van der Waals surface area contributed by atoms with Gasteiger partial charge in [-0.3, -0.25) is 9.88 Å². The van der Waals surface area contributed by atoms with Gasteiger partial charge in [0.1, 0.15) is 16.1 Å². The van der Waals surface area contributed by atoms with Crippen LogP contribution in [0, 0.1) is 0 Å². The number of aryl methyl sites for hydroxylation is 1. The Hall–Kier alpha value is -3.94. The summed E-state index contributed by atoms with van der Waals surface area (Å²) < 4.78 is 56.4. The molecule has 14 heteroatoms. The number of benzene rings is 1. The molecule has 5 heterocycles. The molecule has 39 heavy (non-hydrogen) atoms. The van der Waals surface area contributed by atoms with Crippen LogP contribution < -0.4 is 10.1 Å². The number of rotatable bonds is 6. The third-order valence-corrected chi connectivity index (χ3v) is 6.85. The van der Waals surface area contributed by atoms with Crippen molar-refractivity contribution in [3.63, 3.8) is 0 Å². The average Bonchev–Trinajstić information content (AvgIpc) is 3.47. The van der Waals surface area contributed by atoms with Crippen LogP contribution in [0.25, 0.3) is 16.7 Å². The number of halogens is 4. The van der Waals surface area contributed by atoms with Gasteiger partial charge in [0.2, 0.25) is 5.95 Å². The molecule has 0 bridgehead atoms. The summed E-state index contributed by atoms with van der Waals surface area (Å²) in [6.07, 6.45) is 3.35. The summed E-state index contributed by atoms with van der Waals surface area (Å²) >= 11 is 6.67. The Kier molecular flexibility index (Phi) is 6.49. The van der Waals surface area contributed by atoms with E-state index in [-0.39, 0.29) is 34.5 Å². The van der Waals surface area contributed by atoms with Crippen LogP contribution in [-0.2, 0) is 24.5 Å². The zero-order valence-electron chi connectivity index (χ0n) is 20.6. The van der Waals surface area contributed by atoms with Crippen LogP contribution in [0.2, 0.25) is 5.02 Å². The van der Waals surface area contributed by atoms with Crippen LogP contribution in [-0.4, -0.2) is 60.3 Å². The fraction of sp³-hybridized carbons (Fsp3) is 0.280. The lowest BCUT2D eigenvalue weighted by molar-refractivity contribution is -0.138. The molecule has 1 saturated heterocycles. The third kappa shape index (κ3) is 4.95. The van der Waals surface area contributed by atoms with Crippen molar-refractivity contribution in [2.24, 2.45) is 7.05 Å². The number of morpholine rings is 1. The van der Waals surface area contributed by atoms with Crippen LogP contribution in [0.4, 0.5) is 24.8 Å². The fourth-order valence-electron chi connectivity index (χ4n) is 4.49. The summed E-state index contributed by atoms with van der Waals surface area (Å²) in [4.78, 5) is 14.8. The summed E-state index contributed by atoms with van der Waals surface area (Å²) in [5, 5.41) is 7.43. The van der Waals surface area contributed by atoms with Crippen molar-refractivity contribution in [3.05, 3.63) is 65.3 Å². The van der Waals surface area contributed by atoms with E-state index in [0.29, 0.717) is 48.7 Å². The maximum atomic E-state index is 14.0. The zero-order chi connectivity index (χ0) is 27.1. The van der Waals surface area contributed by atoms with Crippen molar-refractivity contribution < 1.29 is 22.6 Å². The standard InChI is InChI=1S/C25H22ClF3N8O2/c1-35-22-21(26)20(39-19-13-32-37-5-4-30-11-18(19)37)12-31-23(22)34-24(35)33-16-3-2-15(17(10-16)25(27,28)29)14-36-6-8-38-9-7-36/h2-5,10-13H,6-9,14H2,1H3,(H,31,33,34). The first kappa shape index (κ1) is 25.3. The smallest absolute Gasteiger partial charge is 0.416 e. The molecule has 0 amide bonds. The van der Waals surface area contributed by atoms with Gasteiger partial charge in [0.05, 0.1) is 37.4 Å². The van der Waals surface area contributed by atoms with E-state index in [9.17, 15) is 13.2 Å². The number of nitrogens with zero attached hydrogens (tertiary/aromatic N) is 7. The summed E-state index contributed by atoms with van der Waals surface area (Å²) in [6, 6.07) is 4.19. The highest BCUT2D eigenvalue weighted by Gasteiger charge is 2.34. The Morgan fingerprint density at radius 1 is 1.13 bits per heavy atom. The predicted molar refractivity (Wildman–Crippen MR) is 137 cm³/mol. The van der Waals surface area contributed by atoms with Gasteiger partial charge in [-0.25, -0.2) is 9.50 Å². The molecule has 202 valence electrons. The zero-order valence-corrected chi connectivity index (χ0v) is 21.4. The third-order valence-electron chi connectivity index (χ3n) is 6.48. The largest absolute Gasteiger partial charge is 0.450 e. The minimum atomic E-state index is -4.52. The number of anilines is 2. The molecule has 0 saturated carbocycles. The van der Waals surface area contributed by atoms with Gasteiger partial charge in [-0.15, -0.1) is 0 Å². The van der Waals surface area contributed by atoms with Crippen LogP contribution >= 0.6 is 11.6 Å². The molecule has 0 atom stereocenters. The molecule has 6 rings (SSSR count). The summed E-state index contributed by atoms with van der Waals surface area (Å²) in [5.41, 5.74) is 1.13. The summed E-state index contributed by atoms with van der Waals surface area (Å²) in [6.45, 7) is 2.38. The van der Waals surface area contributed by atoms with Crippen molar-refractivity contribution in [2.45, 2.75) is 12.7 Å². The number of hydrogen-bond acceptors (Lipinski definition) is 8. The first-order valence-corrected chi connectivity index (χ1v) is 12.4. The van der Waals surface area contributed by atoms with Gasteiger partial charge >= 0.3 is 6.18 Å². The maximum Gasteiger partial charge on any atom is 0.416 e. The molecule has 1 N–H and O–H groups in total. The Balaban J connectivity index is 1.29. The molecule has 0 aliphatic carbocycles. The van der Waals surface area contributed by atoms with Crippen molar-refractivity contribution in [3.8, 4) is 11.5 Å². The normalized spacial score (nSPS) is 14.8. The molecule has 1 aliphatic heterocycles. The Morgan fingerprint density at radius 3 is 2.74 bits per heavy atom. The lowest BCUT2D eigenvalue weighted by Crippen LogP contribution is -2.36. The van der Waals surface area contributed by atoms with E-state index in [4.69, 9.17) is 21.1 Å². The highest BCUT2D eigenvalue weighted by atomic mass is 35.5. The van der Waals surface area contributed by atoms with E-state index in [2.05, 4.69) is 25.4 Å². The van der Waals surface area contributed by atoms with Gasteiger partial charge in [-0.1, -0.05) is 17.7 Å². The number of nitrogens with one attached hydrogen (secondary N) is 1. The highest BCUT2D eigenvalue weighted by molar-refractivity contribution is 6.36. The van der Waals surface area contributed by atoms with Crippen molar-refractivity contribution >= 4 is 39.9 Å². The predicted octanol–water partition coefficient (Wildman–Crippen LogP) is 5.05. The van der Waals surface area contributed by atoms with Crippen LogP contribution in [0.1, 0.15) is 11.1 Å². The molecular weight excluding hydrogens is 537 g/mol. The molecule has 5 aromatic rings. The van der Waals surface area contributed by atoms with Gasteiger partial charge in [0.25, 0.3) is 0 Å². The van der Waals surface area contributed by atoms with Crippen molar-refractivity contribution in [1.82, 2.24) is 34.0 Å². The molecule has 0 spiro atoms. The molecular formula is C25H22ClF3N8O2. The van der Waals surface area contributed by atoms with Crippen molar-refractivity contribution in [2.75, 3.05) is 31.6 Å². The van der Waals surface area contributed by atoms with Gasteiger partial charge in [-0.2, -0.15) is 23.3 Å². The number of aromatic nitrogens is 6. The van der Waals surface area contributed by atoms with Crippen molar-refractivity contribution in [1.29, 1.82) is 0 Å². The van der Waals surface area contributed by atoms with E-state index in [1.165, 1.54) is 18.5 Å². The number of imidazole rings is 1. The number of fused-ring (bicyclic) bond motifs is 2. The van der Waals surface area contributed by atoms with Crippen LogP contribution in [0.15, 0.2) is 49.2 Å². The fourth-order valence-corrected chi connectivity index (χ4v) is 4.79. The number of pyridine rings is 1. The molecule has 0 radical (unpaired) electrons.